The van der Waals surface area contributed by atoms with Crippen LogP contribution >= 0.6 is 24.0 Å². The Morgan fingerprint density at radius 3 is 2.61 bits per heavy atom. The fraction of sp³-hybridized carbons (Fsp3) is 0.455. The third-order valence-electron chi connectivity index (χ3n) is 5.76. The maximum atomic E-state index is 12.7. The van der Waals surface area contributed by atoms with Crippen LogP contribution < -0.4 is 15.5 Å². The van der Waals surface area contributed by atoms with E-state index in [1.807, 2.05) is 47.3 Å². The number of guanidine groups is 1. The van der Waals surface area contributed by atoms with Gasteiger partial charge in [0.15, 0.2) is 5.96 Å². The zero-order valence-corrected chi connectivity index (χ0v) is 21.4. The summed E-state index contributed by atoms with van der Waals surface area (Å²) in [5, 5.41) is 10.5. The molecule has 0 aliphatic carbocycles. The number of anilines is 2. The summed E-state index contributed by atoms with van der Waals surface area (Å²) in [5.74, 6) is 0.689. The number of carbonyl (C=O) groups is 2. The molecule has 4 rings (SSSR count). The first-order chi connectivity index (χ1) is 15.5. The van der Waals surface area contributed by atoms with Crippen LogP contribution in [0.5, 0.6) is 0 Å². The third kappa shape index (κ3) is 6.15. The number of urea groups is 1. The molecule has 3 heterocycles. The molecule has 2 N–H and O–H groups in total. The Hall–Kier alpha value is -2.83. The van der Waals surface area contributed by atoms with Gasteiger partial charge in [-0.05, 0) is 30.5 Å². The fourth-order valence-corrected chi connectivity index (χ4v) is 4.07. The minimum Gasteiger partial charge on any atom is -0.352 e. The zero-order chi connectivity index (χ0) is 22.5. The van der Waals surface area contributed by atoms with Crippen LogP contribution in [-0.2, 0) is 18.4 Å². The summed E-state index contributed by atoms with van der Waals surface area (Å²) in [4.78, 5) is 34.9. The maximum Gasteiger partial charge on any atom is 0.321 e. The lowest BCUT2D eigenvalue weighted by Gasteiger charge is -2.35. The predicted molar refractivity (Wildman–Crippen MR) is 139 cm³/mol. The van der Waals surface area contributed by atoms with Crippen molar-refractivity contribution >= 4 is 53.2 Å². The number of likely N-dealkylation sites (tertiary alicyclic amines) is 1. The van der Waals surface area contributed by atoms with Gasteiger partial charge in [0.25, 0.3) is 0 Å². The Kier molecular flexibility index (Phi) is 8.53. The van der Waals surface area contributed by atoms with Crippen LogP contribution in [0.2, 0.25) is 0 Å². The van der Waals surface area contributed by atoms with Gasteiger partial charge < -0.3 is 25.3 Å². The summed E-state index contributed by atoms with van der Waals surface area (Å²) in [7, 11) is 3.55. The highest BCUT2D eigenvalue weighted by Crippen LogP contribution is 2.17. The Bertz CT molecular complexity index is 1000. The smallest absolute Gasteiger partial charge is 0.321 e. The van der Waals surface area contributed by atoms with Crippen LogP contribution in [0.3, 0.4) is 0 Å². The van der Waals surface area contributed by atoms with Gasteiger partial charge in [-0.15, -0.1) is 24.0 Å². The molecule has 0 atom stereocenters. The first-order valence-electron chi connectivity index (χ1n) is 10.9. The Morgan fingerprint density at radius 1 is 1.15 bits per heavy atom. The molecule has 1 aromatic heterocycles. The molecule has 0 spiro atoms. The minimum absolute atomic E-state index is 0. The summed E-state index contributed by atoms with van der Waals surface area (Å²) >= 11 is 0. The van der Waals surface area contributed by atoms with Crippen LogP contribution in [0.1, 0.15) is 18.4 Å². The average molecular weight is 566 g/mol. The number of halogens is 1. The molecule has 0 saturated carbocycles. The van der Waals surface area contributed by atoms with E-state index in [1.54, 1.807) is 22.8 Å². The lowest BCUT2D eigenvalue weighted by atomic mass is 10.2. The number of nitrogens with one attached hydrogen (secondary N) is 2. The van der Waals surface area contributed by atoms with E-state index < -0.39 is 0 Å². The van der Waals surface area contributed by atoms with Gasteiger partial charge in [-0.1, -0.05) is 12.1 Å². The topological polar surface area (TPSA) is 98.1 Å². The average Bonchev–Trinajstić information content (AvgIpc) is 3.47. The van der Waals surface area contributed by atoms with E-state index >= 15 is 0 Å². The quantitative estimate of drug-likeness (QED) is 0.336. The molecule has 0 unspecified atom stereocenters. The molecule has 2 fully saturated rings. The highest BCUT2D eigenvalue weighted by molar-refractivity contribution is 14.0. The molecular formula is C22H31IN8O2. The second-order valence-electron chi connectivity index (χ2n) is 8.06. The lowest BCUT2D eigenvalue weighted by Crippen LogP contribution is -2.55. The first kappa shape index (κ1) is 24.8. The molecule has 1 aromatic carbocycles. The van der Waals surface area contributed by atoms with Gasteiger partial charge in [-0.2, -0.15) is 5.10 Å². The Balaban J connectivity index is 0.00000306. The monoisotopic (exact) mass is 566 g/mol. The van der Waals surface area contributed by atoms with Crippen molar-refractivity contribution in [2.24, 2.45) is 12.0 Å². The van der Waals surface area contributed by atoms with E-state index in [9.17, 15) is 9.59 Å². The summed E-state index contributed by atoms with van der Waals surface area (Å²) < 4.78 is 1.69. The predicted octanol–water partition coefficient (Wildman–Crippen LogP) is 2.09. The third-order valence-corrected chi connectivity index (χ3v) is 5.76. The Labute approximate surface area is 211 Å². The molecule has 2 aromatic rings. The summed E-state index contributed by atoms with van der Waals surface area (Å²) in [5.41, 5.74) is 2.61. The van der Waals surface area contributed by atoms with Crippen molar-refractivity contribution in [1.82, 2.24) is 24.9 Å². The normalized spacial score (nSPS) is 16.6. The van der Waals surface area contributed by atoms with Gasteiger partial charge in [-0.3, -0.25) is 14.5 Å². The van der Waals surface area contributed by atoms with Crippen LogP contribution in [-0.4, -0.2) is 77.2 Å². The van der Waals surface area contributed by atoms with E-state index in [0.717, 1.165) is 42.9 Å². The number of aromatic nitrogens is 2. The number of benzene rings is 1. The number of hydrogen-bond donors (Lipinski definition) is 2. The number of amides is 3. The molecular weight excluding hydrogens is 535 g/mol. The van der Waals surface area contributed by atoms with Crippen molar-refractivity contribution in [3.05, 3.63) is 42.2 Å². The second kappa shape index (κ2) is 11.3. The van der Waals surface area contributed by atoms with Crippen molar-refractivity contribution in [1.29, 1.82) is 0 Å². The van der Waals surface area contributed by atoms with Gasteiger partial charge in [0.05, 0.1) is 11.9 Å². The van der Waals surface area contributed by atoms with Crippen molar-refractivity contribution in [2.45, 2.75) is 19.4 Å². The van der Waals surface area contributed by atoms with Crippen molar-refractivity contribution in [3.63, 3.8) is 0 Å². The maximum absolute atomic E-state index is 12.7. The summed E-state index contributed by atoms with van der Waals surface area (Å²) in [6.45, 7) is 3.67. The number of aliphatic imine (C=N–C) groups is 1. The highest BCUT2D eigenvalue weighted by Gasteiger charge is 2.27. The van der Waals surface area contributed by atoms with Gasteiger partial charge in [0, 0.05) is 58.7 Å². The SMILES string of the molecule is CN=C(NCc1cccc(NC(=O)N2CCCC2)c1)N1CCN(c2cnn(C)c2)C(=O)C1.I. The van der Waals surface area contributed by atoms with Crippen LogP contribution in [0.15, 0.2) is 41.7 Å². The van der Waals surface area contributed by atoms with Crippen LogP contribution in [0.25, 0.3) is 0 Å². The molecule has 3 amide bonds. The number of rotatable bonds is 4. The van der Waals surface area contributed by atoms with Crippen molar-refractivity contribution < 1.29 is 9.59 Å². The van der Waals surface area contributed by atoms with E-state index in [2.05, 4.69) is 20.7 Å². The molecule has 178 valence electrons. The molecule has 10 nitrogen and oxygen atoms in total. The highest BCUT2D eigenvalue weighted by atomic mass is 127. The van der Waals surface area contributed by atoms with E-state index in [-0.39, 0.29) is 42.5 Å². The molecule has 2 aliphatic rings. The van der Waals surface area contributed by atoms with Gasteiger partial charge in [0.1, 0.15) is 6.54 Å². The summed E-state index contributed by atoms with van der Waals surface area (Å²) in [6, 6.07) is 7.73. The molecule has 2 aliphatic heterocycles. The summed E-state index contributed by atoms with van der Waals surface area (Å²) in [6.07, 6.45) is 5.68. The Morgan fingerprint density at radius 2 is 1.94 bits per heavy atom. The fourth-order valence-electron chi connectivity index (χ4n) is 4.07. The van der Waals surface area contributed by atoms with Gasteiger partial charge in [-0.25, -0.2) is 4.79 Å². The van der Waals surface area contributed by atoms with Crippen molar-refractivity contribution in [3.8, 4) is 0 Å². The molecule has 2 saturated heterocycles. The van der Waals surface area contributed by atoms with E-state index in [0.29, 0.717) is 25.6 Å². The first-order valence-corrected chi connectivity index (χ1v) is 10.9. The van der Waals surface area contributed by atoms with E-state index in [1.165, 1.54) is 0 Å². The molecule has 0 bridgehead atoms. The van der Waals surface area contributed by atoms with E-state index in [4.69, 9.17) is 0 Å². The zero-order valence-electron chi connectivity index (χ0n) is 19.0. The van der Waals surface area contributed by atoms with Gasteiger partial charge >= 0.3 is 6.03 Å². The number of hydrogen-bond acceptors (Lipinski definition) is 4. The van der Waals surface area contributed by atoms with Crippen LogP contribution in [0, 0.1) is 0 Å². The van der Waals surface area contributed by atoms with Crippen molar-refractivity contribution in [2.75, 3.05) is 50.0 Å². The number of piperazine rings is 1. The van der Waals surface area contributed by atoms with Crippen LogP contribution in [0.4, 0.5) is 16.2 Å². The second-order valence-corrected chi connectivity index (χ2v) is 8.06. The minimum atomic E-state index is -0.0478. The molecule has 33 heavy (non-hydrogen) atoms. The molecule has 0 radical (unpaired) electrons. The largest absolute Gasteiger partial charge is 0.352 e. The molecule has 11 heteroatoms. The number of nitrogens with zero attached hydrogens (tertiary/aromatic N) is 6. The number of aryl methyl sites for hydroxylation is 1. The van der Waals surface area contributed by atoms with Gasteiger partial charge in [0.2, 0.25) is 5.91 Å². The number of carbonyl (C=O) groups excluding carboxylic acids is 2. The standard InChI is InChI=1S/C22H30N8O2.HI/c1-23-21(29-10-11-30(20(31)16-29)19-14-25-27(2)15-19)24-13-17-6-5-7-18(12-17)26-22(32)28-8-3-4-9-28;/h5-7,12,14-15H,3-4,8-11,13,16H2,1-2H3,(H,23,24)(H,26,32);1H. The lowest BCUT2D eigenvalue weighted by molar-refractivity contribution is -0.120.